The molecule has 5 nitrogen and oxygen atoms in total. The summed E-state index contributed by atoms with van der Waals surface area (Å²) in [6.07, 6.45) is 0. The second kappa shape index (κ2) is 7.55. The number of nitrogens with zero attached hydrogens (tertiary/aromatic N) is 1. The van der Waals surface area contributed by atoms with Crippen LogP contribution in [0.1, 0.15) is 41.4 Å². The third-order valence-electron chi connectivity index (χ3n) is 4.75. The number of thioether (sulfide) groups is 1. The number of rotatable bonds is 5. The van der Waals surface area contributed by atoms with Gasteiger partial charge in [0.1, 0.15) is 5.82 Å². The van der Waals surface area contributed by atoms with Gasteiger partial charge in [0.15, 0.2) is 9.91 Å². The Labute approximate surface area is 169 Å². The number of carbonyl (C=O) groups is 2. The van der Waals surface area contributed by atoms with Crippen molar-refractivity contribution in [3.63, 3.8) is 0 Å². The summed E-state index contributed by atoms with van der Waals surface area (Å²) in [4.78, 5) is 27.9. The molecule has 0 bridgehead atoms. The zero-order valence-corrected chi connectivity index (χ0v) is 16.4. The Kier molecular flexibility index (Phi) is 5.44. The van der Waals surface area contributed by atoms with Crippen molar-refractivity contribution in [1.29, 1.82) is 0 Å². The third-order valence-corrected chi connectivity index (χ3v) is 6.00. The summed E-state index contributed by atoms with van der Waals surface area (Å²) in [6, 6.07) is 9.71. The number of halogens is 3. The summed E-state index contributed by atoms with van der Waals surface area (Å²) in [7, 11) is 0. The lowest BCUT2D eigenvalue weighted by atomic mass is 9.93. The van der Waals surface area contributed by atoms with E-state index in [2.05, 4.69) is 10.3 Å². The first-order valence-corrected chi connectivity index (χ1v) is 9.48. The summed E-state index contributed by atoms with van der Waals surface area (Å²) in [5, 5.41) is 2.47. The quantitative estimate of drug-likeness (QED) is 0.771. The van der Waals surface area contributed by atoms with Crippen LogP contribution >= 0.6 is 11.8 Å². The van der Waals surface area contributed by atoms with Crippen LogP contribution in [0.2, 0.25) is 0 Å². The maximum Gasteiger partial charge on any atom is 0.296 e. The average molecular weight is 421 g/mol. The highest BCUT2D eigenvalue weighted by atomic mass is 32.2. The van der Waals surface area contributed by atoms with E-state index in [9.17, 15) is 14.0 Å². The molecule has 1 unspecified atom stereocenters. The minimum atomic E-state index is -3.55. The van der Waals surface area contributed by atoms with Crippen LogP contribution in [0.4, 0.5) is 13.2 Å². The first-order chi connectivity index (χ1) is 13.5. The minimum Gasteiger partial charge on any atom is -0.366 e. The van der Waals surface area contributed by atoms with E-state index in [1.54, 1.807) is 19.1 Å². The Bertz CT molecular complexity index is 977. The van der Waals surface area contributed by atoms with Gasteiger partial charge in [0.05, 0.1) is 6.04 Å². The largest absolute Gasteiger partial charge is 0.366 e. The van der Waals surface area contributed by atoms with Crippen LogP contribution < -0.4 is 11.1 Å². The number of nitrogens with two attached hydrogens (primary N) is 1. The molecule has 9 heteroatoms. The second-order valence-corrected chi connectivity index (χ2v) is 8.17. The number of aliphatic imine (C=N–C) groups is 1. The maximum atomic E-state index is 15.2. The Morgan fingerprint density at radius 3 is 2.31 bits per heavy atom. The van der Waals surface area contributed by atoms with Gasteiger partial charge in [-0.05, 0) is 43.7 Å². The smallest absolute Gasteiger partial charge is 0.296 e. The van der Waals surface area contributed by atoms with Gasteiger partial charge in [0, 0.05) is 11.1 Å². The molecular formula is C20H18F3N3O2S. The van der Waals surface area contributed by atoms with Crippen molar-refractivity contribution in [1.82, 2.24) is 5.32 Å². The van der Waals surface area contributed by atoms with Crippen molar-refractivity contribution in [2.45, 2.75) is 30.6 Å². The van der Waals surface area contributed by atoms with E-state index in [4.69, 9.17) is 5.73 Å². The van der Waals surface area contributed by atoms with Crippen molar-refractivity contribution < 1.29 is 22.8 Å². The van der Waals surface area contributed by atoms with Gasteiger partial charge in [-0.2, -0.15) is 8.78 Å². The predicted octanol–water partition coefficient (Wildman–Crippen LogP) is 3.76. The molecule has 0 saturated carbocycles. The maximum absolute atomic E-state index is 15.2. The molecule has 2 aromatic rings. The Hall–Kier alpha value is -2.81. The van der Waals surface area contributed by atoms with Gasteiger partial charge < -0.3 is 11.1 Å². The fraction of sp³-hybridized carbons (Fsp3) is 0.250. The Balaban J connectivity index is 1.86. The lowest BCUT2D eigenvalue weighted by Crippen LogP contribution is -2.47. The molecule has 2 atom stereocenters. The topological polar surface area (TPSA) is 84.6 Å². The number of nitrogens with one attached hydrogen (secondary N) is 1. The van der Waals surface area contributed by atoms with Crippen LogP contribution in [0.25, 0.3) is 0 Å². The van der Waals surface area contributed by atoms with Crippen LogP contribution in [0, 0.1) is 5.82 Å². The summed E-state index contributed by atoms with van der Waals surface area (Å²) in [6.45, 7) is 2.85. The molecule has 1 aliphatic rings. The van der Waals surface area contributed by atoms with E-state index in [0.717, 1.165) is 19.1 Å². The van der Waals surface area contributed by atoms with Crippen molar-refractivity contribution in [2.24, 2.45) is 10.7 Å². The zero-order valence-electron chi connectivity index (χ0n) is 15.6. The van der Waals surface area contributed by atoms with Crippen LogP contribution in [0.5, 0.6) is 0 Å². The molecule has 152 valence electrons. The highest BCUT2D eigenvalue weighted by Crippen LogP contribution is 2.50. The molecule has 2 aromatic carbocycles. The molecule has 0 aromatic heterocycles. The van der Waals surface area contributed by atoms with Crippen LogP contribution in [0.3, 0.4) is 0 Å². The molecule has 1 heterocycles. The van der Waals surface area contributed by atoms with Crippen molar-refractivity contribution in [3.8, 4) is 0 Å². The predicted molar refractivity (Wildman–Crippen MR) is 105 cm³/mol. The molecule has 1 saturated heterocycles. The standard InChI is InChI=1S/C20H18F3N3O2S/c1-11(12-5-9-15(21)10-6-12)25-18-26-17(28)19(2,29-18)20(22,23)14-7-3-13(4-8-14)16(24)27/h3-11H,1-2H3,(H2,24,27)(H,25,26,28)/t11-,19?/m0/s1. The van der Waals surface area contributed by atoms with Crippen LogP contribution in [-0.4, -0.2) is 21.7 Å². The van der Waals surface area contributed by atoms with Gasteiger partial charge in [0.2, 0.25) is 11.8 Å². The van der Waals surface area contributed by atoms with Crippen molar-refractivity contribution >= 4 is 28.7 Å². The van der Waals surface area contributed by atoms with Gasteiger partial charge in [-0.1, -0.05) is 36.0 Å². The first kappa shape index (κ1) is 20.9. The number of hydrogen-bond donors (Lipinski definition) is 2. The molecule has 0 aliphatic carbocycles. The van der Waals surface area contributed by atoms with E-state index < -0.39 is 39.9 Å². The summed E-state index contributed by atoms with van der Waals surface area (Å²) >= 11 is 0.633. The zero-order chi connectivity index (χ0) is 21.4. The second-order valence-electron chi connectivity index (χ2n) is 6.77. The summed E-state index contributed by atoms with van der Waals surface area (Å²) in [5.41, 5.74) is 5.48. The van der Waals surface area contributed by atoms with Crippen molar-refractivity contribution in [2.75, 3.05) is 0 Å². The Morgan fingerprint density at radius 2 is 1.76 bits per heavy atom. The monoisotopic (exact) mass is 421 g/mol. The van der Waals surface area contributed by atoms with Gasteiger partial charge in [-0.25, -0.2) is 4.39 Å². The SMILES string of the molecule is C[C@H](N=C1NC(=O)C(C)(C(F)(F)c2ccc(C(N)=O)cc2)S1)c1ccc(F)cc1. The number of alkyl halides is 2. The molecule has 3 N–H and O–H groups in total. The number of amides is 2. The molecule has 1 aliphatic heterocycles. The highest BCUT2D eigenvalue weighted by Gasteiger charge is 2.61. The molecule has 3 rings (SSSR count). The molecular weight excluding hydrogens is 403 g/mol. The minimum absolute atomic E-state index is 0.0581. The summed E-state index contributed by atoms with van der Waals surface area (Å²) < 4.78 is 41.4. The van der Waals surface area contributed by atoms with E-state index in [1.807, 2.05) is 0 Å². The van der Waals surface area contributed by atoms with Crippen molar-refractivity contribution in [3.05, 3.63) is 71.0 Å². The molecule has 0 radical (unpaired) electrons. The highest BCUT2D eigenvalue weighted by molar-refractivity contribution is 8.16. The number of carbonyl (C=O) groups excluding carboxylic acids is 2. The Morgan fingerprint density at radius 1 is 1.17 bits per heavy atom. The van der Waals surface area contributed by atoms with Gasteiger partial charge in [0.25, 0.3) is 5.92 Å². The molecule has 2 amide bonds. The molecule has 29 heavy (non-hydrogen) atoms. The lowest BCUT2D eigenvalue weighted by molar-refractivity contribution is -0.132. The number of benzene rings is 2. The van der Waals surface area contributed by atoms with Crippen LogP contribution in [-0.2, 0) is 10.7 Å². The van der Waals surface area contributed by atoms with E-state index in [0.29, 0.717) is 17.3 Å². The molecule has 0 spiro atoms. The van der Waals surface area contributed by atoms with E-state index >= 15 is 8.78 Å². The summed E-state index contributed by atoms with van der Waals surface area (Å²) in [5.74, 6) is -5.56. The molecule has 1 fully saturated rings. The number of hydrogen-bond acceptors (Lipinski definition) is 4. The van der Waals surface area contributed by atoms with Gasteiger partial charge >= 0.3 is 0 Å². The first-order valence-electron chi connectivity index (χ1n) is 8.66. The fourth-order valence-corrected chi connectivity index (χ4v) is 3.99. The average Bonchev–Trinajstić information content (AvgIpc) is 2.97. The van der Waals surface area contributed by atoms with Gasteiger partial charge in [-0.15, -0.1) is 0 Å². The third kappa shape index (κ3) is 3.87. The van der Waals surface area contributed by atoms with Gasteiger partial charge in [-0.3, -0.25) is 14.6 Å². The number of primary amides is 1. The lowest BCUT2D eigenvalue weighted by Gasteiger charge is -2.30. The van der Waals surface area contributed by atoms with E-state index in [1.165, 1.54) is 24.3 Å². The normalized spacial score (nSPS) is 21.8. The van der Waals surface area contributed by atoms with E-state index in [-0.39, 0.29) is 10.7 Å². The van der Waals surface area contributed by atoms with Crippen LogP contribution in [0.15, 0.2) is 53.5 Å². The fourth-order valence-electron chi connectivity index (χ4n) is 2.86. The number of amidine groups is 1.